The van der Waals surface area contributed by atoms with Gasteiger partial charge in [-0.2, -0.15) is 0 Å². The van der Waals surface area contributed by atoms with E-state index in [0.29, 0.717) is 37.0 Å². The molecule has 0 N–H and O–H groups in total. The second-order valence-corrected chi connectivity index (χ2v) is 6.98. The number of likely N-dealkylation sites (N-methyl/N-ethyl adjacent to an activating group) is 1. The number of para-hydroxylation sites is 1. The van der Waals surface area contributed by atoms with E-state index in [-0.39, 0.29) is 30.5 Å². The van der Waals surface area contributed by atoms with Crippen molar-refractivity contribution in [3.05, 3.63) is 40.9 Å². The second kappa shape index (κ2) is 6.12. The molecule has 2 fully saturated rings. The van der Waals surface area contributed by atoms with Gasteiger partial charge >= 0.3 is 6.09 Å². The van der Waals surface area contributed by atoms with Crippen LogP contribution in [0.2, 0.25) is 0 Å². The van der Waals surface area contributed by atoms with Gasteiger partial charge in [0.1, 0.15) is 0 Å². The summed E-state index contributed by atoms with van der Waals surface area (Å²) in [6.45, 7) is 1.75. The minimum absolute atomic E-state index is 0.0486. The maximum absolute atomic E-state index is 12.5. The smallest absolute Gasteiger partial charge is 0.410 e. The lowest BCUT2D eigenvalue weighted by Gasteiger charge is -2.21. The molecule has 26 heavy (non-hydrogen) atoms. The predicted octanol–water partition coefficient (Wildman–Crippen LogP) is 0.840. The lowest BCUT2D eigenvalue weighted by molar-refractivity contribution is -0.131. The van der Waals surface area contributed by atoms with Gasteiger partial charge in [-0.15, -0.1) is 0 Å². The Balaban J connectivity index is 1.41. The van der Waals surface area contributed by atoms with Crippen molar-refractivity contribution in [3.8, 4) is 0 Å². The normalized spacial score (nSPS) is 22.4. The summed E-state index contributed by atoms with van der Waals surface area (Å²) in [4.78, 5) is 44.1. The lowest BCUT2D eigenvalue weighted by Crippen LogP contribution is -2.39. The number of carbonyl (C=O) groups excluding carboxylic acids is 2. The molecule has 0 saturated carbocycles. The van der Waals surface area contributed by atoms with Crippen LogP contribution in [0.25, 0.3) is 10.9 Å². The molecule has 1 spiro atoms. The zero-order valence-corrected chi connectivity index (χ0v) is 14.6. The number of rotatable bonds is 3. The first-order valence-corrected chi connectivity index (χ1v) is 8.64. The summed E-state index contributed by atoms with van der Waals surface area (Å²) in [5, 5.41) is 0.545. The Kier molecular flexibility index (Phi) is 3.90. The summed E-state index contributed by atoms with van der Waals surface area (Å²) < 4.78 is 6.93. The zero-order chi connectivity index (χ0) is 18.3. The molecule has 4 rings (SSSR count). The lowest BCUT2D eigenvalue weighted by atomic mass is 10.0. The quantitative estimate of drug-likeness (QED) is 0.814. The molecule has 0 aliphatic carbocycles. The Morgan fingerprint density at radius 3 is 2.85 bits per heavy atom. The largest absolute Gasteiger partial charge is 0.439 e. The van der Waals surface area contributed by atoms with Crippen LogP contribution in [0.3, 0.4) is 0 Å². The van der Waals surface area contributed by atoms with Crippen molar-refractivity contribution in [1.29, 1.82) is 0 Å². The third-order valence-electron chi connectivity index (χ3n) is 5.11. The van der Waals surface area contributed by atoms with Gasteiger partial charge in [0.15, 0.2) is 5.60 Å². The van der Waals surface area contributed by atoms with Crippen LogP contribution in [-0.2, 0) is 16.1 Å². The van der Waals surface area contributed by atoms with E-state index < -0.39 is 5.60 Å². The monoisotopic (exact) mass is 356 g/mol. The molecule has 8 heteroatoms. The fourth-order valence-electron chi connectivity index (χ4n) is 3.70. The second-order valence-electron chi connectivity index (χ2n) is 6.98. The number of hydrogen-bond acceptors (Lipinski definition) is 5. The molecule has 3 heterocycles. The number of hydrogen-bond donors (Lipinski definition) is 0. The van der Waals surface area contributed by atoms with Crippen molar-refractivity contribution >= 4 is 22.9 Å². The van der Waals surface area contributed by atoms with Crippen molar-refractivity contribution in [1.82, 2.24) is 19.4 Å². The number of likely N-dealkylation sites (tertiary alicyclic amines) is 1. The highest BCUT2D eigenvalue weighted by Gasteiger charge is 2.49. The maximum atomic E-state index is 12.5. The molecule has 8 nitrogen and oxygen atoms in total. The number of aryl methyl sites for hydroxylation is 1. The van der Waals surface area contributed by atoms with Gasteiger partial charge in [0.05, 0.1) is 30.3 Å². The third-order valence-corrected chi connectivity index (χ3v) is 5.11. The molecule has 1 aromatic carbocycles. The molecular formula is C18H20N4O4. The highest BCUT2D eigenvalue weighted by molar-refractivity contribution is 5.78. The minimum atomic E-state index is -0.581. The van der Waals surface area contributed by atoms with Crippen LogP contribution in [0.1, 0.15) is 12.8 Å². The molecule has 0 bridgehead atoms. The Bertz CT molecular complexity index is 940. The summed E-state index contributed by atoms with van der Waals surface area (Å²) in [5.74, 6) is -0.0486. The van der Waals surface area contributed by atoms with Crippen LogP contribution in [0, 0.1) is 0 Å². The van der Waals surface area contributed by atoms with Crippen LogP contribution in [-0.4, -0.2) is 63.6 Å². The van der Waals surface area contributed by atoms with E-state index >= 15 is 0 Å². The molecule has 2 amide bonds. The third kappa shape index (κ3) is 2.81. The SMILES string of the molecule is CN1CC2(CCN(C(=O)CCn3cnc4ccccc4c3=O)C2)OC1=O. The van der Waals surface area contributed by atoms with Gasteiger partial charge < -0.3 is 14.5 Å². The Morgan fingerprint density at radius 1 is 1.27 bits per heavy atom. The molecule has 2 saturated heterocycles. The maximum Gasteiger partial charge on any atom is 0.410 e. The van der Waals surface area contributed by atoms with Gasteiger partial charge in [-0.1, -0.05) is 12.1 Å². The molecule has 1 atom stereocenters. The Hall–Kier alpha value is -2.90. The van der Waals surface area contributed by atoms with Crippen LogP contribution < -0.4 is 5.56 Å². The first-order chi connectivity index (χ1) is 12.5. The summed E-state index contributed by atoms with van der Waals surface area (Å²) in [6, 6.07) is 7.15. The van der Waals surface area contributed by atoms with Gasteiger partial charge in [0.25, 0.3) is 5.56 Å². The van der Waals surface area contributed by atoms with Gasteiger partial charge in [-0.25, -0.2) is 9.78 Å². The van der Waals surface area contributed by atoms with Crippen molar-refractivity contribution in [2.45, 2.75) is 25.0 Å². The standard InChI is InChI=1S/C18H20N4O4/c1-20-10-18(26-17(20)25)7-9-21(11-18)15(23)6-8-22-12-19-14-5-3-2-4-13(14)16(22)24/h2-5,12H,6-11H2,1H3. The fraction of sp³-hybridized carbons (Fsp3) is 0.444. The van der Waals surface area contributed by atoms with E-state index in [9.17, 15) is 14.4 Å². The Labute approximate surface area is 150 Å². The van der Waals surface area contributed by atoms with E-state index in [1.165, 1.54) is 15.8 Å². The van der Waals surface area contributed by atoms with Crippen molar-refractivity contribution in [3.63, 3.8) is 0 Å². The van der Waals surface area contributed by atoms with Gasteiger partial charge in [0, 0.05) is 33.0 Å². The molecule has 2 aromatic rings. The average molecular weight is 356 g/mol. The minimum Gasteiger partial charge on any atom is -0.439 e. The predicted molar refractivity (Wildman–Crippen MR) is 93.7 cm³/mol. The van der Waals surface area contributed by atoms with Crippen molar-refractivity contribution in [2.24, 2.45) is 0 Å². The van der Waals surface area contributed by atoms with Gasteiger partial charge in [-0.05, 0) is 12.1 Å². The first kappa shape index (κ1) is 16.6. The average Bonchev–Trinajstić information content (AvgIpc) is 3.17. The highest BCUT2D eigenvalue weighted by atomic mass is 16.6. The topological polar surface area (TPSA) is 84.7 Å². The van der Waals surface area contributed by atoms with Crippen molar-refractivity contribution < 1.29 is 14.3 Å². The summed E-state index contributed by atoms with van der Waals surface area (Å²) in [5.41, 5.74) is -0.0793. The zero-order valence-electron chi connectivity index (χ0n) is 14.6. The molecular weight excluding hydrogens is 336 g/mol. The van der Waals surface area contributed by atoms with Crippen LogP contribution in [0.15, 0.2) is 35.4 Å². The van der Waals surface area contributed by atoms with Gasteiger partial charge in [0.2, 0.25) is 5.91 Å². The van der Waals surface area contributed by atoms with E-state index in [1.807, 2.05) is 6.07 Å². The molecule has 1 unspecified atom stereocenters. The van der Waals surface area contributed by atoms with Crippen LogP contribution >= 0.6 is 0 Å². The molecule has 1 aromatic heterocycles. The Morgan fingerprint density at radius 2 is 2.08 bits per heavy atom. The summed E-state index contributed by atoms with van der Waals surface area (Å²) in [6.07, 6.45) is 2.00. The van der Waals surface area contributed by atoms with Crippen LogP contribution in [0.4, 0.5) is 4.79 Å². The summed E-state index contributed by atoms with van der Waals surface area (Å²) >= 11 is 0. The fourth-order valence-corrected chi connectivity index (χ4v) is 3.70. The summed E-state index contributed by atoms with van der Waals surface area (Å²) in [7, 11) is 1.70. The number of fused-ring (bicyclic) bond motifs is 1. The van der Waals surface area contributed by atoms with Crippen molar-refractivity contribution in [2.75, 3.05) is 26.7 Å². The number of carbonyl (C=O) groups is 2. The first-order valence-electron chi connectivity index (χ1n) is 8.64. The van der Waals surface area contributed by atoms with Crippen LogP contribution in [0.5, 0.6) is 0 Å². The molecule has 2 aliphatic heterocycles. The number of ether oxygens (including phenoxy) is 1. The highest BCUT2D eigenvalue weighted by Crippen LogP contribution is 2.31. The number of nitrogens with zero attached hydrogens (tertiary/aromatic N) is 4. The van der Waals surface area contributed by atoms with E-state index in [4.69, 9.17) is 4.74 Å². The van der Waals surface area contributed by atoms with E-state index in [2.05, 4.69) is 4.98 Å². The molecule has 136 valence electrons. The number of benzene rings is 1. The number of amides is 2. The van der Waals surface area contributed by atoms with Gasteiger partial charge in [-0.3, -0.25) is 14.2 Å². The molecule has 0 radical (unpaired) electrons. The van der Waals surface area contributed by atoms with E-state index in [1.54, 1.807) is 30.1 Å². The molecule has 2 aliphatic rings. The van der Waals surface area contributed by atoms with E-state index in [0.717, 1.165) is 0 Å². The number of aromatic nitrogens is 2.